The van der Waals surface area contributed by atoms with E-state index < -0.39 is 6.17 Å². The van der Waals surface area contributed by atoms with E-state index in [-0.39, 0.29) is 11.9 Å². The molecule has 1 atom stereocenters. The molecule has 144 valence electrons. The van der Waals surface area contributed by atoms with Gasteiger partial charge in [-0.2, -0.15) is 0 Å². The first-order valence-electron chi connectivity index (χ1n) is 9.85. The molecule has 3 rings (SSSR count). The number of nitrogens with one attached hydrogen (secondary N) is 2. The summed E-state index contributed by atoms with van der Waals surface area (Å²) in [6.45, 7) is 5.95. The lowest BCUT2D eigenvalue weighted by Crippen LogP contribution is -2.38. The predicted octanol–water partition coefficient (Wildman–Crippen LogP) is 3.56. The van der Waals surface area contributed by atoms with Crippen molar-refractivity contribution in [3.63, 3.8) is 0 Å². The standard InChI is InChI=1S/C20H31FN4O/c1-3-23-18-11-19(25-9-8-14(21)12-25)16(10-17(18)22)20(26)24-15-6-4-13(2)5-7-15/h10-11,13-15,23H,3-9,12,22H2,1-2H3,(H,24,26)/t13?,14-,15?/m1/s1. The Bertz CT molecular complexity index is 643. The van der Waals surface area contributed by atoms with Crippen molar-refractivity contribution in [1.29, 1.82) is 0 Å². The third-order valence-corrected chi connectivity index (χ3v) is 5.60. The van der Waals surface area contributed by atoms with Crippen molar-refractivity contribution < 1.29 is 9.18 Å². The molecule has 4 N–H and O–H groups in total. The molecule has 5 nitrogen and oxygen atoms in total. The van der Waals surface area contributed by atoms with E-state index in [4.69, 9.17) is 5.73 Å². The highest BCUT2D eigenvalue weighted by molar-refractivity contribution is 6.02. The lowest BCUT2D eigenvalue weighted by molar-refractivity contribution is 0.0923. The highest BCUT2D eigenvalue weighted by atomic mass is 19.1. The minimum absolute atomic E-state index is 0.100. The third kappa shape index (κ3) is 4.22. The van der Waals surface area contributed by atoms with Crippen LogP contribution in [0.15, 0.2) is 12.1 Å². The molecular formula is C20H31FN4O. The van der Waals surface area contributed by atoms with Crippen LogP contribution in [0.2, 0.25) is 0 Å². The van der Waals surface area contributed by atoms with Crippen LogP contribution in [0.3, 0.4) is 0 Å². The molecule has 1 heterocycles. The van der Waals surface area contributed by atoms with Gasteiger partial charge in [-0.15, -0.1) is 0 Å². The number of nitrogens with two attached hydrogens (primary N) is 1. The topological polar surface area (TPSA) is 70.4 Å². The third-order valence-electron chi connectivity index (χ3n) is 5.60. The summed E-state index contributed by atoms with van der Waals surface area (Å²) >= 11 is 0. The van der Waals surface area contributed by atoms with Crippen LogP contribution < -0.4 is 21.3 Å². The van der Waals surface area contributed by atoms with Crippen molar-refractivity contribution in [2.24, 2.45) is 5.92 Å². The SMILES string of the molecule is CCNc1cc(N2CC[C@@H](F)C2)c(C(=O)NC2CCC(C)CC2)cc1N. The van der Waals surface area contributed by atoms with E-state index in [2.05, 4.69) is 17.6 Å². The van der Waals surface area contributed by atoms with Gasteiger partial charge in [-0.25, -0.2) is 4.39 Å². The molecule has 1 saturated heterocycles. The maximum atomic E-state index is 13.7. The lowest BCUT2D eigenvalue weighted by Gasteiger charge is -2.28. The zero-order valence-electron chi connectivity index (χ0n) is 15.9. The maximum Gasteiger partial charge on any atom is 0.253 e. The average molecular weight is 362 g/mol. The Morgan fingerprint density at radius 3 is 2.62 bits per heavy atom. The first-order chi connectivity index (χ1) is 12.5. The van der Waals surface area contributed by atoms with Crippen LogP contribution >= 0.6 is 0 Å². The van der Waals surface area contributed by atoms with Crippen LogP contribution in [-0.4, -0.2) is 37.8 Å². The van der Waals surface area contributed by atoms with E-state index in [0.717, 1.165) is 49.5 Å². The molecule has 1 aliphatic carbocycles. The van der Waals surface area contributed by atoms with Crippen molar-refractivity contribution in [2.75, 3.05) is 35.6 Å². The quantitative estimate of drug-likeness (QED) is 0.701. The van der Waals surface area contributed by atoms with Gasteiger partial charge in [-0.1, -0.05) is 6.92 Å². The number of carbonyl (C=O) groups is 1. The zero-order valence-corrected chi connectivity index (χ0v) is 15.9. The van der Waals surface area contributed by atoms with Crippen molar-refractivity contribution in [3.05, 3.63) is 17.7 Å². The fraction of sp³-hybridized carbons (Fsp3) is 0.650. The highest BCUT2D eigenvalue weighted by Gasteiger charge is 2.28. The number of amides is 1. The van der Waals surface area contributed by atoms with Gasteiger partial charge in [0.25, 0.3) is 5.91 Å². The first kappa shape index (κ1) is 18.8. The van der Waals surface area contributed by atoms with E-state index >= 15 is 0 Å². The number of hydrogen-bond donors (Lipinski definition) is 3. The van der Waals surface area contributed by atoms with Crippen molar-refractivity contribution in [1.82, 2.24) is 5.32 Å². The lowest BCUT2D eigenvalue weighted by atomic mass is 9.87. The van der Waals surface area contributed by atoms with Gasteiger partial charge in [0.05, 0.1) is 22.6 Å². The Hall–Kier alpha value is -1.98. The summed E-state index contributed by atoms with van der Waals surface area (Å²) in [5.74, 6) is 0.636. The normalized spacial score (nSPS) is 26.0. The number of carbonyl (C=O) groups excluding carboxylic acids is 1. The highest BCUT2D eigenvalue weighted by Crippen LogP contribution is 2.33. The van der Waals surface area contributed by atoms with E-state index in [9.17, 15) is 9.18 Å². The smallest absolute Gasteiger partial charge is 0.253 e. The molecule has 0 radical (unpaired) electrons. The van der Waals surface area contributed by atoms with Crippen LogP contribution in [0.4, 0.5) is 21.5 Å². The fourth-order valence-electron chi connectivity index (χ4n) is 4.00. The van der Waals surface area contributed by atoms with Gasteiger partial charge in [0.15, 0.2) is 0 Å². The first-order valence-corrected chi connectivity index (χ1v) is 9.85. The van der Waals surface area contributed by atoms with E-state index in [0.29, 0.717) is 30.8 Å². The molecule has 26 heavy (non-hydrogen) atoms. The van der Waals surface area contributed by atoms with Gasteiger partial charge in [-0.05, 0) is 57.1 Å². The Morgan fingerprint density at radius 2 is 2.00 bits per heavy atom. The number of anilines is 3. The zero-order chi connectivity index (χ0) is 18.7. The maximum absolute atomic E-state index is 13.7. The summed E-state index contributed by atoms with van der Waals surface area (Å²) in [6.07, 6.45) is 3.99. The minimum atomic E-state index is -0.842. The molecule has 1 amide bonds. The molecule has 1 aliphatic heterocycles. The van der Waals surface area contributed by atoms with Crippen molar-refractivity contribution in [3.8, 4) is 0 Å². The molecule has 1 saturated carbocycles. The molecule has 2 fully saturated rings. The summed E-state index contributed by atoms with van der Waals surface area (Å²) < 4.78 is 13.7. The number of benzene rings is 1. The predicted molar refractivity (Wildman–Crippen MR) is 106 cm³/mol. The minimum Gasteiger partial charge on any atom is -0.397 e. The molecule has 0 unspecified atom stereocenters. The molecular weight excluding hydrogens is 331 g/mol. The van der Waals surface area contributed by atoms with Gasteiger partial charge in [0.1, 0.15) is 6.17 Å². The van der Waals surface area contributed by atoms with Crippen LogP contribution in [0, 0.1) is 5.92 Å². The summed E-state index contributed by atoms with van der Waals surface area (Å²) in [7, 11) is 0. The molecule has 1 aromatic carbocycles. The summed E-state index contributed by atoms with van der Waals surface area (Å²) in [5, 5.41) is 6.40. The molecule has 6 heteroatoms. The van der Waals surface area contributed by atoms with Crippen LogP contribution in [0.1, 0.15) is 56.3 Å². The van der Waals surface area contributed by atoms with Gasteiger partial charge in [0, 0.05) is 25.7 Å². The number of halogens is 1. The van der Waals surface area contributed by atoms with Gasteiger partial charge < -0.3 is 21.3 Å². The van der Waals surface area contributed by atoms with Crippen LogP contribution in [0.25, 0.3) is 0 Å². The van der Waals surface area contributed by atoms with Gasteiger partial charge in [-0.3, -0.25) is 4.79 Å². The van der Waals surface area contributed by atoms with Crippen LogP contribution in [0.5, 0.6) is 0 Å². The Morgan fingerprint density at radius 1 is 1.27 bits per heavy atom. The van der Waals surface area contributed by atoms with Crippen molar-refractivity contribution in [2.45, 2.75) is 58.2 Å². The Balaban J connectivity index is 1.84. The van der Waals surface area contributed by atoms with Crippen LogP contribution in [-0.2, 0) is 0 Å². The molecule has 1 aromatic rings. The summed E-state index contributed by atoms with van der Waals surface area (Å²) in [5.41, 5.74) is 8.83. The largest absolute Gasteiger partial charge is 0.397 e. The van der Waals surface area contributed by atoms with E-state index in [1.165, 1.54) is 0 Å². The fourth-order valence-corrected chi connectivity index (χ4v) is 4.00. The Labute approximate surface area is 155 Å². The second-order valence-electron chi connectivity index (χ2n) is 7.75. The molecule has 0 bridgehead atoms. The number of alkyl halides is 1. The number of rotatable bonds is 5. The average Bonchev–Trinajstić information content (AvgIpc) is 3.05. The van der Waals surface area contributed by atoms with Gasteiger partial charge in [0.2, 0.25) is 0 Å². The number of nitrogen functional groups attached to an aromatic ring is 1. The Kier molecular flexibility index (Phi) is 5.89. The second-order valence-corrected chi connectivity index (χ2v) is 7.75. The van der Waals surface area contributed by atoms with E-state index in [1.807, 2.05) is 17.9 Å². The monoisotopic (exact) mass is 362 g/mol. The van der Waals surface area contributed by atoms with Gasteiger partial charge >= 0.3 is 0 Å². The molecule has 2 aliphatic rings. The number of nitrogens with zero attached hydrogens (tertiary/aromatic N) is 1. The summed E-state index contributed by atoms with van der Waals surface area (Å²) in [6, 6.07) is 3.85. The molecule has 0 aromatic heterocycles. The van der Waals surface area contributed by atoms with Crippen molar-refractivity contribution >= 4 is 23.0 Å². The number of hydrogen-bond acceptors (Lipinski definition) is 4. The molecule has 0 spiro atoms. The summed E-state index contributed by atoms with van der Waals surface area (Å²) in [4.78, 5) is 14.9. The second kappa shape index (κ2) is 8.14. The van der Waals surface area contributed by atoms with E-state index in [1.54, 1.807) is 6.07 Å².